The molecule has 1 unspecified atom stereocenters. The molecule has 4 rings (SSSR count). The first kappa shape index (κ1) is 15.7. The number of H-pyrrole nitrogens is 1. The third-order valence-corrected chi connectivity index (χ3v) is 4.99. The Labute approximate surface area is 140 Å². The van der Waals surface area contributed by atoms with E-state index in [-0.39, 0.29) is 18.4 Å². The molecule has 130 valence electrons. The number of carbonyl (C=O) groups excluding carboxylic acids is 2. The van der Waals surface area contributed by atoms with Crippen molar-refractivity contribution in [3.05, 3.63) is 24.0 Å². The van der Waals surface area contributed by atoms with E-state index in [0.29, 0.717) is 44.3 Å². The zero-order valence-electron chi connectivity index (χ0n) is 13.7. The van der Waals surface area contributed by atoms with Crippen LogP contribution in [0.1, 0.15) is 23.2 Å². The highest BCUT2D eigenvalue weighted by Crippen LogP contribution is 2.32. The van der Waals surface area contributed by atoms with E-state index in [9.17, 15) is 9.59 Å². The second-order valence-corrected chi connectivity index (χ2v) is 7.07. The van der Waals surface area contributed by atoms with Gasteiger partial charge in [-0.1, -0.05) is 0 Å². The summed E-state index contributed by atoms with van der Waals surface area (Å²) in [5, 5.41) is 0. The second-order valence-electron chi connectivity index (χ2n) is 7.07. The molecule has 3 aliphatic rings. The third kappa shape index (κ3) is 3.18. The number of aromatic nitrogens is 1. The summed E-state index contributed by atoms with van der Waals surface area (Å²) in [6.45, 7) is 3.25. The molecule has 2 amide bonds. The van der Waals surface area contributed by atoms with Crippen LogP contribution in [0.5, 0.6) is 0 Å². The van der Waals surface area contributed by atoms with E-state index in [1.165, 1.54) is 12.8 Å². The van der Waals surface area contributed by atoms with Crippen LogP contribution >= 0.6 is 0 Å². The van der Waals surface area contributed by atoms with Gasteiger partial charge in [-0.3, -0.25) is 9.59 Å². The molecule has 1 spiro atoms. The number of amides is 2. The monoisotopic (exact) mass is 333 g/mol. The normalized spacial score (nSPS) is 28.2. The number of morpholine rings is 1. The largest absolute Gasteiger partial charge is 0.376 e. The third-order valence-electron chi connectivity index (χ3n) is 4.99. The topological polar surface area (TPSA) is 74.9 Å². The molecular weight excluding hydrogens is 310 g/mol. The summed E-state index contributed by atoms with van der Waals surface area (Å²) in [4.78, 5) is 31.4. The number of nitrogens with one attached hydrogen (secondary N) is 1. The lowest BCUT2D eigenvalue weighted by Crippen LogP contribution is -2.61. The SMILES string of the molecule is O=C1COC2(COCCN(C(=O)c3cc[nH]c3)C2)CN1CC1CC1. The van der Waals surface area contributed by atoms with Crippen molar-refractivity contribution in [1.82, 2.24) is 14.8 Å². The molecule has 0 bridgehead atoms. The predicted molar refractivity (Wildman–Crippen MR) is 85.5 cm³/mol. The molecule has 3 fully saturated rings. The molecule has 24 heavy (non-hydrogen) atoms. The van der Waals surface area contributed by atoms with Gasteiger partial charge in [-0.2, -0.15) is 0 Å². The van der Waals surface area contributed by atoms with E-state index in [1.54, 1.807) is 23.4 Å². The highest BCUT2D eigenvalue weighted by molar-refractivity contribution is 5.94. The fourth-order valence-corrected chi connectivity index (χ4v) is 3.47. The minimum absolute atomic E-state index is 0.0321. The summed E-state index contributed by atoms with van der Waals surface area (Å²) < 4.78 is 11.6. The zero-order chi connectivity index (χ0) is 16.6. The van der Waals surface area contributed by atoms with Crippen LogP contribution in [0.25, 0.3) is 0 Å². The molecule has 0 aromatic carbocycles. The van der Waals surface area contributed by atoms with Crippen molar-refractivity contribution in [3.63, 3.8) is 0 Å². The van der Waals surface area contributed by atoms with E-state index in [1.807, 2.05) is 4.90 Å². The van der Waals surface area contributed by atoms with Gasteiger partial charge in [-0.05, 0) is 24.8 Å². The highest BCUT2D eigenvalue weighted by atomic mass is 16.6. The first-order valence-electron chi connectivity index (χ1n) is 8.57. The first-order valence-corrected chi connectivity index (χ1v) is 8.57. The second kappa shape index (κ2) is 6.22. The molecule has 1 N–H and O–H groups in total. The van der Waals surface area contributed by atoms with Crippen LogP contribution in [-0.2, 0) is 14.3 Å². The lowest BCUT2D eigenvalue weighted by Gasteiger charge is -2.43. The Bertz CT molecular complexity index is 613. The molecule has 2 aliphatic heterocycles. The summed E-state index contributed by atoms with van der Waals surface area (Å²) in [5.41, 5.74) is 0.0133. The van der Waals surface area contributed by atoms with Crippen molar-refractivity contribution in [2.45, 2.75) is 18.4 Å². The Morgan fingerprint density at radius 2 is 2.25 bits per heavy atom. The van der Waals surface area contributed by atoms with Crippen LogP contribution in [0, 0.1) is 5.92 Å². The number of rotatable bonds is 3. The smallest absolute Gasteiger partial charge is 0.255 e. The van der Waals surface area contributed by atoms with Crippen LogP contribution < -0.4 is 0 Å². The Balaban J connectivity index is 1.50. The molecule has 7 heteroatoms. The van der Waals surface area contributed by atoms with Crippen molar-refractivity contribution >= 4 is 11.8 Å². The highest BCUT2D eigenvalue weighted by Gasteiger charge is 2.44. The van der Waals surface area contributed by atoms with Gasteiger partial charge in [0.05, 0.1) is 31.9 Å². The molecule has 1 atom stereocenters. The van der Waals surface area contributed by atoms with E-state index >= 15 is 0 Å². The van der Waals surface area contributed by atoms with Crippen LogP contribution in [0.2, 0.25) is 0 Å². The summed E-state index contributed by atoms with van der Waals surface area (Å²) >= 11 is 0. The van der Waals surface area contributed by atoms with Gasteiger partial charge in [-0.25, -0.2) is 0 Å². The number of hydrogen-bond donors (Lipinski definition) is 1. The minimum atomic E-state index is -0.620. The molecule has 1 saturated carbocycles. The van der Waals surface area contributed by atoms with Crippen LogP contribution in [0.3, 0.4) is 0 Å². The number of hydrogen-bond acceptors (Lipinski definition) is 4. The van der Waals surface area contributed by atoms with Gasteiger partial charge in [0.2, 0.25) is 5.91 Å². The molecule has 1 aromatic rings. The fourth-order valence-electron chi connectivity index (χ4n) is 3.47. The number of carbonyl (C=O) groups is 2. The molecule has 0 radical (unpaired) electrons. The maximum atomic E-state index is 12.7. The van der Waals surface area contributed by atoms with E-state index in [4.69, 9.17) is 9.47 Å². The van der Waals surface area contributed by atoms with Gasteiger partial charge in [0, 0.05) is 25.5 Å². The standard InChI is InChI=1S/C17H23N3O4/c21-15-9-24-17(11-20(15)8-13-1-2-13)10-19(5-6-23-12-17)16(22)14-3-4-18-7-14/h3-4,7,13,18H,1-2,5-6,8-12H2. The first-order chi connectivity index (χ1) is 11.7. The average molecular weight is 333 g/mol. The van der Waals surface area contributed by atoms with E-state index < -0.39 is 5.60 Å². The molecule has 3 heterocycles. The van der Waals surface area contributed by atoms with E-state index in [2.05, 4.69) is 4.98 Å². The van der Waals surface area contributed by atoms with Crippen molar-refractivity contribution in [1.29, 1.82) is 0 Å². The van der Waals surface area contributed by atoms with Crippen molar-refractivity contribution in [2.75, 3.05) is 46.0 Å². The van der Waals surface area contributed by atoms with Crippen LogP contribution in [0.15, 0.2) is 18.5 Å². The maximum absolute atomic E-state index is 12.7. The molecular formula is C17H23N3O4. The summed E-state index contributed by atoms with van der Waals surface area (Å²) in [5.74, 6) is 0.643. The number of nitrogens with zero attached hydrogens (tertiary/aromatic N) is 2. The maximum Gasteiger partial charge on any atom is 0.255 e. The quantitative estimate of drug-likeness (QED) is 0.874. The lowest BCUT2D eigenvalue weighted by molar-refractivity contribution is -0.172. The summed E-state index contributed by atoms with van der Waals surface area (Å²) in [6.07, 6.45) is 5.84. The average Bonchev–Trinajstić information content (AvgIpc) is 3.27. The van der Waals surface area contributed by atoms with Gasteiger partial charge < -0.3 is 24.3 Å². The van der Waals surface area contributed by atoms with Gasteiger partial charge in [0.25, 0.3) is 5.91 Å². The van der Waals surface area contributed by atoms with Gasteiger partial charge in [-0.15, -0.1) is 0 Å². The summed E-state index contributed by atoms with van der Waals surface area (Å²) in [7, 11) is 0. The van der Waals surface area contributed by atoms with Crippen molar-refractivity contribution < 1.29 is 19.1 Å². The van der Waals surface area contributed by atoms with Crippen LogP contribution in [0.4, 0.5) is 0 Å². The number of ether oxygens (including phenoxy) is 2. The predicted octanol–water partition coefficient (Wildman–Crippen LogP) is 0.495. The molecule has 1 aliphatic carbocycles. The van der Waals surface area contributed by atoms with Crippen molar-refractivity contribution in [3.8, 4) is 0 Å². The van der Waals surface area contributed by atoms with Crippen LogP contribution in [-0.4, -0.2) is 78.2 Å². The van der Waals surface area contributed by atoms with Crippen molar-refractivity contribution in [2.24, 2.45) is 5.92 Å². The Hall–Kier alpha value is -1.86. The van der Waals surface area contributed by atoms with Gasteiger partial charge in [0.1, 0.15) is 12.2 Å². The fraction of sp³-hybridized carbons (Fsp3) is 0.647. The Morgan fingerprint density at radius 3 is 3.00 bits per heavy atom. The summed E-state index contributed by atoms with van der Waals surface area (Å²) in [6, 6.07) is 1.77. The van der Waals surface area contributed by atoms with Gasteiger partial charge >= 0.3 is 0 Å². The van der Waals surface area contributed by atoms with Gasteiger partial charge in [0.15, 0.2) is 0 Å². The van der Waals surface area contributed by atoms with E-state index in [0.717, 1.165) is 6.54 Å². The number of aromatic amines is 1. The molecule has 7 nitrogen and oxygen atoms in total. The zero-order valence-corrected chi connectivity index (χ0v) is 13.7. The Kier molecular flexibility index (Phi) is 4.05. The lowest BCUT2D eigenvalue weighted by atomic mass is 10.0. The Morgan fingerprint density at radius 1 is 1.38 bits per heavy atom. The molecule has 2 saturated heterocycles. The minimum Gasteiger partial charge on any atom is -0.376 e. The molecule has 1 aromatic heterocycles.